The fourth-order valence-electron chi connectivity index (χ4n) is 2.67. The number of carbonyl (C=O) groups excluding carboxylic acids is 1. The Hall–Kier alpha value is -2.74. The Morgan fingerprint density at radius 2 is 2.23 bits per heavy atom. The van der Waals surface area contributed by atoms with Crippen LogP contribution in [0.3, 0.4) is 0 Å². The average molecular weight is 385 g/mol. The summed E-state index contributed by atoms with van der Waals surface area (Å²) in [6, 6.07) is 8.73. The number of hydrogen-bond acceptors (Lipinski definition) is 4. The number of aliphatic hydroxyl groups excluding tert-OH is 1. The number of amides is 1. The molecule has 3 aromatic heterocycles. The van der Waals surface area contributed by atoms with Gasteiger partial charge in [-0.2, -0.15) is 4.99 Å². The number of aliphatic hydroxyl groups is 1. The standard InChI is InChI=1S/C18H13ClN4O2S/c19-14-9-11(10-24)1-2-15(14)23-7-8-26-18(23)22-17(25)13-4-6-21-16-12(13)3-5-20-16/h1-9,24H,10H2,(H,20,21). The van der Waals surface area contributed by atoms with E-state index in [9.17, 15) is 9.90 Å². The normalized spacial score (nSPS) is 12.0. The number of pyridine rings is 1. The second-order valence-corrected chi connectivity index (χ2v) is 6.80. The third-order valence-corrected chi connectivity index (χ3v) is 4.99. The van der Waals surface area contributed by atoms with Crippen LogP contribution >= 0.6 is 22.9 Å². The van der Waals surface area contributed by atoms with Crippen molar-refractivity contribution in [2.45, 2.75) is 6.61 Å². The van der Waals surface area contributed by atoms with Crippen LogP contribution in [0.4, 0.5) is 0 Å². The number of benzene rings is 1. The predicted molar refractivity (Wildman–Crippen MR) is 101 cm³/mol. The van der Waals surface area contributed by atoms with Crippen molar-refractivity contribution in [1.82, 2.24) is 14.5 Å². The van der Waals surface area contributed by atoms with Gasteiger partial charge in [0, 0.05) is 29.4 Å². The maximum absolute atomic E-state index is 12.7. The summed E-state index contributed by atoms with van der Waals surface area (Å²) >= 11 is 7.66. The van der Waals surface area contributed by atoms with Crippen molar-refractivity contribution in [2.75, 3.05) is 0 Å². The highest BCUT2D eigenvalue weighted by Gasteiger charge is 2.12. The summed E-state index contributed by atoms with van der Waals surface area (Å²) in [7, 11) is 0. The van der Waals surface area contributed by atoms with Crippen LogP contribution in [0.15, 0.2) is 59.3 Å². The van der Waals surface area contributed by atoms with Gasteiger partial charge in [0.2, 0.25) is 0 Å². The van der Waals surface area contributed by atoms with Crippen molar-refractivity contribution >= 4 is 39.9 Å². The summed E-state index contributed by atoms with van der Waals surface area (Å²) in [5.74, 6) is -0.351. The Kier molecular flexibility index (Phi) is 4.42. The summed E-state index contributed by atoms with van der Waals surface area (Å²) < 4.78 is 1.75. The number of H-pyrrole nitrogens is 1. The number of halogens is 1. The number of nitrogens with zero attached hydrogens (tertiary/aromatic N) is 3. The summed E-state index contributed by atoms with van der Waals surface area (Å²) in [5.41, 5.74) is 2.54. The minimum atomic E-state index is -0.351. The summed E-state index contributed by atoms with van der Waals surface area (Å²) in [4.78, 5) is 24.7. The molecule has 1 amide bonds. The number of aromatic amines is 1. The summed E-state index contributed by atoms with van der Waals surface area (Å²) in [5, 5.41) is 12.3. The van der Waals surface area contributed by atoms with E-state index in [0.29, 0.717) is 26.7 Å². The van der Waals surface area contributed by atoms with Crippen LogP contribution in [0.5, 0.6) is 0 Å². The van der Waals surface area contributed by atoms with Gasteiger partial charge in [0.05, 0.1) is 22.9 Å². The van der Waals surface area contributed by atoms with Crippen molar-refractivity contribution in [1.29, 1.82) is 0 Å². The molecule has 3 heterocycles. The quantitative estimate of drug-likeness (QED) is 0.568. The number of nitrogens with one attached hydrogen (secondary N) is 1. The van der Waals surface area contributed by atoms with Gasteiger partial charge in [-0.25, -0.2) is 4.98 Å². The third kappa shape index (κ3) is 2.96. The van der Waals surface area contributed by atoms with E-state index < -0.39 is 0 Å². The van der Waals surface area contributed by atoms with Crippen LogP contribution in [0.2, 0.25) is 5.02 Å². The van der Waals surface area contributed by atoms with Gasteiger partial charge in [-0.1, -0.05) is 17.7 Å². The largest absolute Gasteiger partial charge is 0.392 e. The van der Waals surface area contributed by atoms with Crippen molar-refractivity contribution < 1.29 is 9.90 Å². The van der Waals surface area contributed by atoms with E-state index in [1.807, 2.05) is 5.38 Å². The first-order valence-electron chi connectivity index (χ1n) is 7.74. The number of hydrogen-bond donors (Lipinski definition) is 2. The maximum atomic E-state index is 12.7. The first-order valence-corrected chi connectivity index (χ1v) is 9.00. The lowest BCUT2D eigenvalue weighted by Crippen LogP contribution is -2.15. The molecule has 0 aliphatic carbocycles. The van der Waals surface area contributed by atoms with Gasteiger partial charge in [-0.05, 0) is 29.8 Å². The van der Waals surface area contributed by atoms with Crippen LogP contribution in [0, 0.1) is 0 Å². The van der Waals surface area contributed by atoms with Crippen molar-refractivity contribution in [3.63, 3.8) is 0 Å². The topological polar surface area (TPSA) is 83.3 Å². The molecule has 0 fully saturated rings. The molecule has 0 atom stereocenters. The summed E-state index contributed by atoms with van der Waals surface area (Å²) in [6.45, 7) is -0.0846. The van der Waals surface area contributed by atoms with Crippen LogP contribution in [0.1, 0.15) is 15.9 Å². The molecule has 8 heteroatoms. The molecule has 26 heavy (non-hydrogen) atoms. The molecule has 0 radical (unpaired) electrons. The van der Waals surface area contributed by atoms with Crippen molar-refractivity contribution in [3.05, 3.63) is 75.3 Å². The summed E-state index contributed by atoms with van der Waals surface area (Å²) in [6.07, 6.45) is 5.12. The van der Waals surface area contributed by atoms with Gasteiger partial charge < -0.3 is 10.1 Å². The minimum Gasteiger partial charge on any atom is -0.392 e. The van der Waals surface area contributed by atoms with Crippen LogP contribution < -0.4 is 4.80 Å². The van der Waals surface area contributed by atoms with E-state index in [2.05, 4.69) is 15.0 Å². The minimum absolute atomic E-state index is 0.0846. The fraction of sp³-hybridized carbons (Fsp3) is 0.0556. The Bertz CT molecular complexity index is 1180. The lowest BCUT2D eigenvalue weighted by atomic mass is 10.2. The molecule has 1 aromatic carbocycles. The van der Waals surface area contributed by atoms with Crippen LogP contribution in [0.25, 0.3) is 16.7 Å². The third-order valence-electron chi connectivity index (χ3n) is 3.93. The molecule has 0 aliphatic heterocycles. The van der Waals surface area contributed by atoms with Gasteiger partial charge in [-0.15, -0.1) is 11.3 Å². The van der Waals surface area contributed by atoms with Gasteiger partial charge in [0.25, 0.3) is 5.91 Å². The number of fused-ring (bicyclic) bond motifs is 1. The van der Waals surface area contributed by atoms with E-state index in [0.717, 1.165) is 10.9 Å². The van der Waals surface area contributed by atoms with Gasteiger partial charge in [0.15, 0.2) is 4.80 Å². The zero-order chi connectivity index (χ0) is 18.1. The van der Waals surface area contributed by atoms with Crippen LogP contribution in [-0.4, -0.2) is 25.5 Å². The average Bonchev–Trinajstić information content (AvgIpc) is 3.30. The van der Waals surface area contributed by atoms with Gasteiger partial charge >= 0.3 is 0 Å². The van der Waals surface area contributed by atoms with Gasteiger partial charge in [0.1, 0.15) is 5.65 Å². The smallest absolute Gasteiger partial charge is 0.280 e. The molecule has 0 saturated carbocycles. The molecule has 0 bridgehead atoms. The zero-order valence-corrected chi connectivity index (χ0v) is 15.0. The number of thiazole rings is 1. The molecule has 4 aromatic rings. The second kappa shape index (κ2) is 6.87. The number of rotatable bonds is 3. The monoisotopic (exact) mass is 384 g/mol. The van der Waals surface area contributed by atoms with Crippen molar-refractivity contribution in [3.8, 4) is 5.69 Å². The highest BCUT2D eigenvalue weighted by molar-refractivity contribution is 7.07. The highest BCUT2D eigenvalue weighted by Crippen LogP contribution is 2.21. The Morgan fingerprint density at radius 3 is 3.04 bits per heavy atom. The molecule has 0 aliphatic rings. The molecule has 130 valence electrons. The molecule has 6 nitrogen and oxygen atoms in total. The van der Waals surface area contributed by atoms with E-state index in [4.69, 9.17) is 11.6 Å². The first kappa shape index (κ1) is 16.7. The lowest BCUT2D eigenvalue weighted by molar-refractivity contribution is 0.0999. The van der Waals surface area contributed by atoms with Crippen molar-refractivity contribution in [2.24, 2.45) is 4.99 Å². The molecular formula is C18H13ClN4O2S. The maximum Gasteiger partial charge on any atom is 0.280 e. The molecule has 0 saturated heterocycles. The molecule has 0 unspecified atom stereocenters. The molecule has 0 spiro atoms. The van der Waals surface area contributed by atoms with E-state index in [1.165, 1.54) is 11.3 Å². The van der Waals surface area contributed by atoms with Gasteiger partial charge in [-0.3, -0.25) is 9.36 Å². The lowest BCUT2D eigenvalue weighted by Gasteiger charge is -2.07. The van der Waals surface area contributed by atoms with E-state index >= 15 is 0 Å². The number of carbonyl (C=O) groups is 1. The Balaban J connectivity index is 1.79. The molecule has 2 N–H and O–H groups in total. The van der Waals surface area contributed by atoms with E-state index in [-0.39, 0.29) is 12.5 Å². The fourth-order valence-corrected chi connectivity index (χ4v) is 3.68. The highest BCUT2D eigenvalue weighted by atomic mass is 35.5. The Labute approximate surface area is 157 Å². The molecule has 4 rings (SSSR count). The zero-order valence-electron chi connectivity index (χ0n) is 13.4. The second-order valence-electron chi connectivity index (χ2n) is 5.51. The first-order chi connectivity index (χ1) is 12.7. The van der Waals surface area contributed by atoms with Crippen LogP contribution in [-0.2, 0) is 6.61 Å². The SMILES string of the molecule is O=C(N=c1sccn1-c1ccc(CO)cc1Cl)c1ccnc2[nH]ccc12. The Morgan fingerprint density at radius 1 is 1.35 bits per heavy atom. The molecular weight excluding hydrogens is 372 g/mol. The number of aromatic nitrogens is 3. The predicted octanol–water partition coefficient (Wildman–Crippen LogP) is 3.30. The van der Waals surface area contributed by atoms with E-state index in [1.54, 1.807) is 53.5 Å².